The molecule has 0 amide bonds. The maximum absolute atomic E-state index is 13.2. The van der Waals surface area contributed by atoms with Crippen molar-refractivity contribution >= 4 is 10.9 Å². The van der Waals surface area contributed by atoms with E-state index in [-0.39, 0.29) is 12.2 Å². The summed E-state index contributed by atoms with van der Waals surface area (Å²) in [6.07, 6.45) is 1.07. The number of ether oxygens (including phenoxy) is 4. The Kier molecular flexibility index (Phi) is 7.57. The fourth-order valence-electron chi connectivity index (χ4n) is 3.71. The number of methoxy groups -OCH3 is 1. The van der Waals surface area contributed by atoms with E-state index in [1.807, 2.05) is 62.4 Å². The van der Waals surface area contributed by atoms with Gasteiger partial charge in [-0.05, 0) is 49.2 Å². The van der Waals surface area contributed by atoms with E-state index in [9.17, 15) is 4.79 Å². The van der Waals surface area contributed by atoms with Crippen LogP contribution in [0.3, 0.4) is 0 Å². The van der Waals surface area contributed by atoms with E-state index in [2.05, 4.69) is 4.98 Å². The fourth-order valence-corrected chi connectivity index (χ4v) is 3.71. The molecule has 3 aromatic carbocycles. The highest BCUT2D eigenvalue weighted by molar-refractivity contribution is 5.83. The van der Waals surface area contributed by atoms with Crippen LogP contribution in [-0.2, 0) is 9.47 Å². The van der Waals surface area contributed by atoms with Crippen molar-refractivity contribution in [1.82, 2.24) is 9.55 Å². The molecular weight excluding hydrogens is 432 g/mol. The van der Waals surface area contributed by atoms with Gasteiger partial charge in [0.1, 0.15) is 12.9 Å². The van der Waals surface area contributed by atoms with Crippen molar-refractivity contribution in [1.29, 1.82) is 0 Å². The summed E-state index contributed by atoms with van der Waals surface area (Å²) in [5.74, 6) is 1.03. The molecule has 0 saturated carbocycles. The minimum atomic E-state index is -0.465. The van der Waals surface area contributed by atoms with Crippen LogP contribution in [0.1, 0.15) is 13.8 Å². The van der Waals surface area contributed by atoms with E-state index in [0.29, 0.717) is 41.3 Å². The van der Waals surface area contributed by atoms with Crippen molar-refractivity contribution in [2.24, 2.45) is 0 Å². The quantitative estimate of drug-likeness (QED) is 0.316. The Bertz CT molecular complexity index is 1300. The smallest absolute Gasteiger partial charge is 0.265 e. The molecule has 0 N–H and O–H groups in total. The number of fused-ring (bicyclic) bond motifs is 1. The molecular formula is C27H28N2O5. The van der Waals surface area contributed by atoms with Gasteiger partial charge in [-0.25, -0.2) is 4.98 Å². The maximum atomic E-state index is 13.2. The highest BCUT2D eigenvalue weighted by Gasteiger charge is 2.14. The van der Waals surface area contributed by atoms with Crippen LogP contribution in [0.5, 0.6) is 11.5 Å². The number of hydrogen-bond donors (Lipinski definition) is 0. The average molecular weight is 461 g/mol. The lowest BCUT2D eigenvalue weighted by Crippen LogP contribution is -2.25. The minimum absolute atomic E-state index is 0.159. The summed E-state index contributed by atoms with van der Waals surface area (Å²) in [6, 6.07) is 21.0. The molecule has 0 bridgehead atoms. The molecule has 34 heavy (non-hydrogen) atoms. The molecule has 0 radical (unpaired) electrons. The van der Waals surface area contributed by atoms with Crippen molar-refractivity contribution in [3.63, 3.8) is 0 Å². The van der Waals surface area contributed by atoms with Crippen LogP contribution in [-0.4, -0.2) is 42.8 Å². The summed E-state index contributed by atoms with van der Waals surface area (Å²) in [5.41, 5.74) is 3.20. The summed E-state index contributed by atoms with van der Waals surface area (Å²) in [4.78, 5) is 17.8. The molecule has 0 fully saturated rings. The predicted molar refractivity (Wildman–Crippen MR) is 132 cm³/mol. The Labute approximate surface area is 198 Å². The molecule has 1 heterocycles. The van der Waals surface area contributed by atoms with Crippen molar-refractivity contribution in [2.45, 2.75) is 20.1 Å². The Morgan fingerprint density at radius 2 is 1.65 bits per heavy atom. The lowest BCUT2D eigenvalue weighted by molar-refractivity contribution is -0.152. The van der Waals surface area contributed by atoms with Gasteiger partial charge in [0.2, 0.25) is 0 Å². The van der Waals surface area contributed by atoms with Gasteiger partial charge < -0.3 is 18.9 Å². The van der Waals surface area contributed by atoms with E-state index in [0.717, 1.165) is 11.1 Å². The normalized spacial score (nSPS) is 11.2. The SMILES string of the molecule is CCOC(COc1ccc(-n2cnc3cc(-c4ccccc4)ccc3c2=O)cc1OC)OCC. The molecule has 4 rings (SSSR count). The molecule has 0 aliphatic heterocycles. The van der Waals surface area contributed by atoms with Crippen LogP contribution in [0.2, 0.25) is 0 Å². The summed E-state index contributed by atoms with van der Waals surface area (Å²) in [5, 5.41) is 0.540. The maximum Gasteiger partial charge on any atom is 0.265 e. The highest BCUT2D eigenvalue weighted by atomic mass is 16.7. The zero-order valence-electron chi connectivity index (χ0n) is 19.6. The van der Waals surface area contributed by atoms with E-state index in [1.165, 1.54) is 10.9 Å². The fraction of sp³-hybridized carbons (Fsp3) is 0.259. The number of hydrogen-bond acceptors (Lipinski definition) is 6. The Morgan fingerprint density at radius 3 is 2.35 bits per heavy atom. The zero-order chi connectivity index (χ0) is 23.9. The Morgan fingerprint density at radius 1 is 0.882 bits per heavy atom. The van der Waals surface area contributed by atoms with E-state index in [1.54, 1.807) is 25.3 Å². The second-order valence-electron chi connectivity index (χ2n) is 7.50. The first kappa shape index (κ1) is 23.5. The monoisotopic (exact) mass is 460 g/mol. The predicted octanol–water partition coefficient (Wildman–Crippen LogP) is 4.84. The second kappa shape index (κ2) is 11.0. The molecule has 176 valence electrons. The lowest BCUT2D eigenvalue weighted by atomic mass is 10.0. The van der Waals surface area contributed by atoms with Gasteiger partial charge in [-0.1, -0.05) is 36.4 Å². The van der Waals surface area contributed by atoms with Gasteiger partial charge in [-0.15, -0.1) is 0 Å². The number of nitrogens with zero attached hydrogens (tertiary/aromatic N) is 2. The summed E-state index contributed by atoms with van der Waals surface area (Å²) >= 11 is 0. The van der Waals surface area contributed by atoms with Gasteiger partial charge in [0.25, 0.3) is 5.56 Å². The van der Waals surface area contributed by atoms with Gasteiger partial charge in [-0.3, -0.25) is 9.36 Å². The van der Waals surface area contributed by atoms with Crippen LogP contribution >= 0.6 is 0 Å². The van der Waals surface area contributed by atoms with Crippen molar-refractivity contribution < 1.29 is 18.9 Å². The van der Waals surface area contributed by atoms with Gasteiger partial charge in [0.05, 0.1) is 23.7 Å². The third kappa shape index (κ3) is 5.11. The number of benzene rings is 3. The average Bonchev–Trinajstić information content (AvgIpc) is 2.88. The van der Waals surface area contributed by atoms with Crippen LogP contribution in [0.15, 0.2) is 77.9 Å². The first-order valence-electron chi connectivity index (χ1n) is 11.3. The van der Waals surface area contributed by atoms with Crippen molar-refractivity contribution in [2.75, 3.05) is 26.9 Å². The molecule has 0 spiro atoms. The van der Waals surface area contributed by atoms with Gasteiger partial charge in [-0.2, -0.15) is 0 Å². The first-order valence-corrected chi connectivity index (χ1v) is 11.3. The number of rotatable bonds is 10. The summed E-state index contributed by atoms with van der Waals surface area (Å²) < 4.78 is 23.9. The molecule has 0 atom stereocenters. The van der Waals surface area contributed by atoms with E-state index < -0.39 is 6.29 Å². The third-order valence-corrected chi connectivity index (χ3v) is 5.37. The standard InChI is InChI=1S/C27H28N2O5/c1-4-32-26(33-5-2)17-34-24-14-12-21(16-25(24)31-3)29-18-28-23-15-20(11-13-22(23)27(29)30)19-9-7-6-8-10-19/h6-16,18,26H,4-5,17H2,1-3H3. The van der Waals surface area contributed by atoms with Crippen molar-refractivity contribution in [3.8, 4) is 28.3 Å². The highest BCUT2D eigenvalue weighted by Crippen LogP contribution is 2.30. The molecule has 0 saturated heterocycles. The van der Waals surface area contributed by atoms with Crippen LogP contribution in [0, 0.1) is 0 Å². The second-order valence-corrected chi connectivity index (χ2v) is 7.50. The van der Waals surface area contributed by atoms with Crippen LogP contribution < -0.4 is 15.0 Å². The summed E-state index contributed by atoms with van der Waals surface area (Å²) in [6.45, 7) is 5.07. The van der Waals surface area contributed by atoms with Gasteiger partial charge >= 0.3 is 0 Å². The Balaban J connectivity index is 1.62. The Hall–Kier alpha value is -3.68. The van der Waals surface area contributed by atoms with Crippen LogP contribution in [0.25, 0.3) is 27.7 Å². The topological polar surface area (TPSA) is 71.8 Å². The molecule has 7 nitrogen and oxygen atoms in total. The van der Waals surface area contributed by atoms with Crippen LogP contribution in [0.4, 0.5) is 0 Å². The molecule has 0 aliphatic rings. The molecule has 0 aliphatic carbocycles. The van der Waals surface area contributed by atoms with E-state index in [4.69, 9.17) is 18.9 Å². The molecule has 4 aromatic rings. The molecule has 7 heteroatoms. The number of aromatic nitrogens is 2. The molecule has 0 unspecified atom stereocenters. The minimum Gasteiger partial charge on any atom is -0.493 e. The third-order valence-electron chi connectivity index (χ3n) is 5.37. The van der Waals surface area contributed by atoms with Crippen molar-refractivity contribution in [3.05, 3.63) is 83.4 Å². The van der Waals surface area contributed by atoms with E-state index >= 15 is 0 Å². The van der Waals surface area contributed by atoms with Gasteiger partial charge in [0.15, 0.2) is 17.8 Å². The first-order chi connectivity index (χ1) is 16.6. The summed E-state index contributed by atoms with van der Waals surface area (Å²) in [7, 11) is 1.56. The lowest BCUT2D eigenvalue weighted by Gasteiger charge is -2.19. The van der Waals surface area contributed by atoms with Gasteiger partial charge in [0, 0.05) is 19.3 Å². The zero-order valence-corrected chi connectivity index (χ0v) is 19.6. The molecule has 1 aromatic heterocycles. The largest absolute Gasteiger partial charge is 0.493 e.